The van der Waals surface area contributed by atoms with Gasteiger partial charge in [-0.2, -0.15) is 0 Å². The van der Waals surface area contributed by atoms with E-state index < -0.39 is 8.80 Å². The maximum absolute atomic E-state index is 3.30. The summed E-state index contributed by atoms with van der Waals surface area (Å²) >= 11 is 0. The molecule has 0 amide bonds. The molecule has 0 fully saturated rings. The van der Waals surface area contributed by atoms with Crippen LogP contribution in [-0.2, 0) is 0 Å². The van der Waals surface area contributed by atoms with Crippen LogP contribution in [0.4, 0.5) is 0 Å². The van der Waals surface area contributed by atoms with E-state index in [2.05, 4.69) is 61.0 Å². The summed E-state index contributed by atoms with van der Waals surface area (Å²) in [5.41, 5.74) is 6.60. The van der Waals surface area contributed by atoms with E-state index in [0.717, 1.165) is 12.8 Å². The van der Waals surface area contributed by atoms with E-state index in [1.54, 1.807) is 0 Å². The maximum atomic E-state index is 3.30. The quantitative estimate of drug-likeness (QED) is 0.494. The molecule has 0 bridgehead atoms. The Morgan fingerprint density at radius 3 is 1.93 bits per heavy atom. The van der Waals surface area contributed by atoms with Crippen LogP contribution in [0.5, 0.6) is 0 Å². The molecule has 0 aliphatic carbocycles. The lowest BCUT2D eigenvalue weighted by Gasteiger charge is -1.99. The van der Waals surface area contributed by atoms with Gasteiger partial charge >= 0.3 is 0 Å². The Kier molecular flexibility index (Phi) is 5.37. The average Bonchev–Trinajstić information content (AvgIpc) is 2.30. The highest BCUT2D eigenvalue weighted by Gasteiger charge is 2.07. The SMILES string of the molecule is CCC#C[Si](C#CCC)c1ccccc1. The van der Waals surface area contributed by atoms with E-state index in [0.29, 0.717) is 0 Å². The molecule has 0 aliphatic heterocycles. The molecule has 0 unspecified atom stereocenters. The van der Waals surface area contributed by atoms with E-state index in [1.165, 1.54) is 5.19 Å². The topological polar surface area (TPSA) is 0 Å². The molecule has 1 rings (SSSR count). The Morgan fingerprint density at radius 2 is 1.47 bits per heavy atom. The van der Waals surface area contributed by atoms with Gasteiger partial charge in [0, 0.05) is 12.8 Å². The summed E-state index contributed by atoms with van der Waals surface area (Å²) in [6.45, 7) is 4.15. The van der Waals surface area contributed by atoms with Crippen molar-refractivity contribution in [2.24, 2.45) is 0 Å². The van der Waals surface area contributed by atoms with Gasteiger partial charge in [0.2, 0.25) is 0 Å². The summed E-state index contributed by atoms with van der Waals surface area (Å²) in [6, 6.07) is 10.4. The predicted molar refractivity (Wildman–Crippen MR) is 68.0 cm³/mol. The normalized spacial score (nSPS) is 8.73. The fourth-order valence-electron chi connectivity index (χ4n) is 1.13. The van der Waals surface area contributed by atoms with Crippen LogP contribution >= 0.6 is 0 Å². The van der Waals surface area contributed by atoms with Gasteiger partial charge < -0.3 is 0 Å². The van der Waals surface area contributed by atoms with Gasteiger partial charge in [0.25, 0.3) is 8.80 Å². The second kappa shape index (κ2) is 6.93. The monoisotopic (exact) mass is 211 g/mol. The molecular formula is C14H15Si. The van der Waals surface area contributed by atoms with Crippen LogP contribution in [0.15, 0.2) is 30.3 Å². The van der Waals surface area contributed by atoms with Crippen LogP contribution < -0.4 is 5.19 Å². The predicted octanol–water partition coefficient (Wildman–Crippen LogP) is 2.29. The van der Waals surface area contributed by atoms with Crippen LogP contribution in [0, 0.1) is 22.9 Å². The van der Waals surface area contributed by atoms with Crippen LogP contribution in [0.1, 0.15) is 26.7 Å². The van der Waals surface area contributed by atoms with Gasteiger partial charge in [0.1, 0.15) is 0 Å². The smallest absolute Gasteiger partial charge is 0.110 e. The summed E-state index contributed by atoms with van der Waals surface area (Å²) in [7, 11) is -0.970. The van der Waals surface area contributed by atoms with Gasteiger partial charge in [-0.1, -0.05) is 44.2 Å². The molecule has 0 aromatic heterocycles. The molecule has 1 heteroatoms. The van der Waals surface area contributed by atoms with Gasteiger partial charge in [0.05, 0.1) is 0 Å². The highest BCUT2D eigenvalue weighted by Crippen LogP contribution is 1.88. The molecule has 0 aliphatic rings. The van der Waals surface area contributed by atoms with Crippen LogP contribution in [0.2, 0.25) is 0 Å². The standard InChI is InChI=1S/C14H15Si/c1-3-5-12-15(13-6-4-2)14-10-8-7-9-11-14/h7-11H,3-4H2,1-2H3. The van der Waals surface area contributed by atoms with Gasteiger partial charge in [0.15, 0.2) is 0 Å². The molecule has 0 heterocycles. The molecule has 0 saturated heterocycles. The summed E-state index contributed by atoms with van der Waals surface area (Å²) in [5, 5.41) is 1.30. The lowest BCUT2D eigenvalue weighted by molar-refractivity contribution is 1.28. The third-order valence-corrected chi connectivity index (χ3v) is 3.61. The zero-order chi connectivity index (χ0) is 10.9. The molecule has 0 nitrogen and oxygen atoms in total. The van der Waals surface area contributed by atoms with Crippen molar-refractivity contribution in [3.8, 4) is 22.9 Å². The zero-order valence-electron chi connectivity index (χ0n) is 9.30. The second-order valence-electron chi connectivity index (χ2n) is 3.05. The second-order valence-corrected chi connectivity index (χ2v) is 4.88. The largest absolute Gasteiger partial charge is 0.267 e. The minimum atomic E-state index is -0.970. The van der Waals surface area contributed by atoms with Crippen molar-refractivity contribution in [2.75, 3.05) is 0 Å². The summed E-state index contributed by atoms with van der Waals surface area (Å²) in [5.74, 6) is 6.30. The Labute approximate surface area is 94.3 Å². The first kappa shape index (κ1) is 11.6. The number of benzene rings is 1. The minimum Gasteiger partial charge on any atom is -0.110 e. The molecule has 1 aromatic carbocycles. The number of hydrogen-bond acceptors (Lipinski definition) is 0. The van der Waals surface area contributed by atoms with E-state index in [4.69, 9.17) is 0 Å². The molecule has 0 saturated carbocycles. The highest BCUT2D eigenvalue weighted by molar-refractivity contribution is 6.87. The molecule has 15 heavy (non-hydrogen) atoms. The first-order valence-corrected chi connectivity index (χ1v) is 6.78. The molecule has 75 valence electrons. The van der Waals surface area contributed by atoms with E-state index in [1.807, 2.05) is 6.07 Å². The van der Waals surface area contributed by atoms with Crippen molar-refractivity contribution in [1.29, 1.82) is 0 Å². The van der Waals surface area contributed by atoms with Crippen molar-refractivity contribution in [3.63, 3.8) is 0 Å². The van der Waals surface area contributed by atoms with Gasteiger partial charge in [-0.15, -0.1) is 22.9 Å². The molecule has 1 aromatic rings. The van der Waals surface area contributed by atoms with Crippen molar-refractivity contribution >= 4 is 14.0 Å². The van der Waals surface area contributed by atoms with E-state index in [-0.39, 0.29) is 0 Å². The third-order valence-electron chi connectivity index (χ3n) is 1.84. The molecule has 1 radical (unpaired) electrons. The Balaban J connectivity index is 2.91. The molecule has 0 atom stereocenters. The number of hydrogen-bond donors (Lipinski definition) is 0. The van der Waals surface area contributed by atoms with Crippen molar-refractivity contribution < 1.29 is 0 Å². The van der Waals surface area contributed by atoms with E-state index >= 15 is 0 Å². The summed E-state index contributed by atoms with van der Waals surface area (Å²) < 4.78 is 0. The fraction of sp³-hybridized carbons (Fsp3) is 0.286. The lowest BCUT2D eigenvalue weighted by Crippen LogP contribution is -2.27. The average molecular weight is 211 g/mol. The van der Waals surface area contributed by atoms with E-state index in [9.17, 15) is 0 Å². The lowest BCUT2D eigenvalue weighted by atomic mass is 10.4. The van der Waals surface area contributed by atoms with Crippen molar-refractivity contribution in [2.45, 2.75) is 26.7 Å². The Hall–Kier alpha value is -1.44. The first-order chi connectivity index (χ1) is 7.38. The minimum absolute atomic E-state index is 0.912. The fourth-order valence-corrected chi connectivity index (χ4v) is 2.72. The highest BCUT2D eigenvalue weighted by atomic mass is 28.3. The van der Waals surface area contributed by atoms with Crippen LogP contribution in [-0.4, -0.2) is 8.80 Å². The van der Waals surface area contributed by atoms with Gasteiger partial charge in [-0.25, -0.2) is 0 Å². The molecule has 0 spiro atoms. The van der Waals surface area contributed by atoms with Gasteiger partial charge in [-0.05, 0) is 5.19 Å². The van der Waals surface area contributed by atoms with Crippen LogP contribution in [0.3, 0.4) is 0 Å². The Bertz CT molecular complexity index is 376. The third kappa shape index (κ3) is 4.06. The summed E-state index contributed by atoms with van der Waals surface area (Å²) in [4.78, 5) is 0. The van der Waals surface area contributed by atoms with Crippen molar-refractivity contribution in [1.82, 2.24) is 0 Å². The first-order valence-electron chi connectivity index (χ1n) is 5.28. The molecular weight excluding hydrogens is 196 g/mol. The maximum Gasteiger partial charge on any atom is 0.267 e. The van der Waals surface area contributed by atoms with Gasteiger partial charge in [-0.3, -0.25) is 0 Å². The summed E-state index contributed by atoms with van der Waals surface area (Å²) in [6.07, 6.45) is 1.82. The van der Waals surface area contributed by atoms with Crippen LogP contribution in [0.25, 0.3) is 0 Å². The zero-order valence-corrected chi connectivity index (χ0v) is 10.3. The number of rotatable bonds is 1. The Morgan fingerprint density at radius 1 is 0.933 bits per heavy atom. The van der Waals surface area contributed by atoms with Crippen molar-refractivity contribution in [3.05, 3.63) is 30.3 Å². The molecule has 0 N–H and O–H groups in total.